The average molecular weight is 199 g/mol. The summed E-state index contributed by atoms with van der Waals surface area (Å²) in [7, 11) is 4.03. The van der Waals surface area contributed by atoms with E-state index in [-0.39, 0.29) is 58.2 Å². The number of likely N-dealkylation sites (N-methyl/N-ethyl adjacent to an activating group) is 2. The first-order valence-electron chi connectivity index (χ1n) is 3.10. The molecule has 0 spiro atoms. The Labute approximate surface area is 106 Å². The molecule has 0 aromatic heterocycles. The molecule has 0 bridgehead atoms. The Morgan fingerprint density at radius 1 is 1.67 bits per heavy atom. The maximum atomic E-state index is 4.07. The van der Waals surface area contributed by atoms with Crippen molar-refractivity contribution in [2.75, 3.05) is 27.2 Å². The Morgan fingerprint density at radius 2 is 2.33 bits per heavy atom. The molecule has 1 rings (SSSR count). The molecule has 0 aromatic rings. The Morgan fingerprint density at radius 3 is 2.44 bits per heavy atom. The molecule has 1 saturated heterocycles. The summed E-state index contributed by atoms with van der Waals surface area (Å²) in [5.41, 5.74) is 0. The minimum Gasteiger partial charge on any atom is -0.664 e. The van der Waals surface area contributed by atoms with Gasteiger partial charge in [0.05, 0.1) is 0 Å². The smallest absolute Gasteiger partial charge is 0.664 e. The van der Waals surface area contributed by atoms with Crippen LogP contribution < -0.4 is 58.2 Å². The maximum absolute atomic E-state index is 4.07. The van der Waals surface area contributed by atoms with E-state index in [4.69, 9.17) is 0 Å². The molecule has 9 heavy (non-hydrogen) atoms. The van der Waals surface area contributed by atoms with Crippen LogP contribution in [-0.2, 0) is 0 Å². The molecule has 1 unspecified atom stereocenters. The van der Waals surface area contributed by atoms with E-state index in [1.54, 1.807) is 0 Å². The third-order valence-electron chi connectivity index (χ3n) is 1.83. The molecule has 0 aliphatic carbocycles. The van der Waals surface area contributed by atoms with Gasteiger partial charge < -0.3 is 10.2 Å². The zero-order valence-electron chi connectivity index (χ0n) is 6.59. The molecule has 3 heteroatoms. The second-order valence-corrected chi connectivity index (χ2v) is 2.42. The van der Waals surface area contributed by atoms with Gasteiger partial charge >= 0.3 is 58.2 Å². The van der Waals surface area contributed by atoms with E-state index in [9.17, 15) is 0 Å². The zero-order valence-corrected chi connectivity index (χ0v) is 11.5. The third kappa shape index (κ3) is 3.08. The fourth-order valence-corrected chi connectivity index (χ4v) is 1.01. The second-order valence-electron chi connectivity index (χ2n) is 2.42. The predicted molar refractivity (Wildman–Crippen MR) is 35.2 cm³/mol. The van der Waals surface area contributed by atoms with E-state index >= 15 is 0 Å². The third-order valence-corrected chi connectivity index (χ3v) is 1.83. The van der Waals surface area contributed by atoms with E-state index in [2.05, 4.69) is 17.3 Å². The first kappa shape index (κ1) is 10.7. The van der Waals surface area contributed by atoms with Gasteiger partial charge in [-0.25, -0.2) is 0 Å². The first-order valence-corrected chi connectivity index (χ1v) is 3.10. The molecule has 48 valence electrons. The molecule has 2 nitrogen and oxygen atoms in total. The molecule has 0 aromatic carbocycles. The first-order chi connectivity index (χ1) is 3.84. The Bertz CT molecular complexity index is 77.5. The molecular weight excluding hydrogens is 186 g/mol. The van der Waals surface area contributed by atoms with Crippen molar-refractivity contribution in [1.29, 1.82) is 0 Å². The van der Waals surface area contributed by atoms with Crippen molar-refractivity contribution in [1.82, 2.24) is 4.90 Å². The summed E-state index contributed by atoms with van der Waals surface area (Å²) < 4.78 is 0. The molecule has 0 saturated carbocycles. The van der Waals surface area contributed by atoms with Crippen molar-refractivity contribution >= 4 is 0 Å². The van der Waals surface area contributed by atoms with Crippen LogP contribution in [0.3, 0.4) is 0 Å². The fraction of sp³-hybridized carbons (Fsp3) is 1.00. The molecule has 1 atom stereocenters. The zero-order chi connectivity index (χ0) is 5.98. The molecule has 1 fully saturated rings. The summed E-state index contributed by atoms with van der Waals surface area (Å²) in [5.74, 6) is 0. The van der Waals surface area contributed by atoms with Gasteiger partial charge in [0.25, 0.3) is 0 Å². The Kier molecular flexibility index (Phi) is 6.42. The minimum atomic E-state index is 0. The van der Waals surface area contributed by atoms with Gasteiger partial charge in [-0.15, -0.1) is 6.54 Å². The van der Waals surface area contributed by atoms with E-state index in [1.807, 2.05) is 7.05 Å². The van der Waals surface area contributed by atoms with Gasteiger partial charge in [0.2, 0.25) is 0 Å². The summed E-state index contributed by atoms with van der Waals surface area (Å²) in [6, 6.07) is 0.764. The molecule has 0 radical (unpaired) electrons. The normalized spacial score (nSPS) is 26.7. The number of hydrogen-bond donors (Lipinski definition) is 0. The SMILES string of the molecule is C[N-]CC1CCN1C.[Rb+]. The molecule has 0 amide bonds. The Hall–Kier alpha value is 1.73. The van der Waals surface area contributed by atoms with Crippen LogP contribution in [0.1, 0.15) is 6.42 Å². The van der Waals surface area contributed by atoms with Gasteiger partial charge in [-0.2, -0.15) is 7.05 Å². The molecule has 1 aliphatic heterocycles. The summed E-state index contributed by atoms with van der Waals surface area (Å²) in [6.07, 6.45) is 1.34. The van der Waals surface area contributed by atoms with Crippen LogP contribution in [0.5, 0.6) is 0 Å². The van der Waals surface area contributed by atoms with Gasteiger partial charge in [-0.3, -0.25) is 0 Å². The van der Waals surface area contributed by atoms with E-state index < -0.39 is 0 Å². The van der Waals surface area contributed by atoms with Crippen molar-refractivity contribution < 1.29 is 58.2 Å². The summed E-state index contributed by atoms with van der Waals surface area (Å²) in [5, 5.41) is 4.07. The quantitative estimate of drug-likeness (QED) is 0.488. The van der Waals surface area contributed by atoms with Crippen molar-refractivity contribution in [3.05, 3.63) is 5.32 Å². The minimum absolute atomic E-state index is 0. The van der Waals surface area contributed by atoms with E-state index in [1.165, 1.54) is 13.0 Å². The topological polar surface area (TPSA) is 17.3 Å². The van der Waals surface area contributed by atoms with Crippen LogP contribution in [0.4, 0.5) is 0 Å². The van der Waals surface area contributed by atoms with E-state index in [0.717, 1.165) is 12.6 Å². The number of nitrogens with zero attached hydrogens (tertiary/aromatic N) is 2. The maximum Gasteiger partial charge on any atom is 1.00 e. The number of rotatable bonds is 2. The summed E-state index contributed by atoms with van der Waals surface area (Å²) in [4.78, 5) is 2.34. The monoisotopic (exact) mass is 198 g/mol. The van der Waals surface area contributed by atoms with Crippen LogP contribution in [0, 0.1) is 0 Å². The fourth-order valence-electron chi connectivity index (χ4n) is 1.01. The molecular formula is C6H13N2Rb. The number of hydrogen-bond acceptors (Lipinski definition) is 1. The summed E-state index contributed by atoms with van der Waals surface area (Å²) in [6.45, 7) is 2.29. The standard InChI is InChI=1S/C6H13N2.Rb/c1-7-5-6-3-4-8(6)2;/h6H,3-5H2,1-2H3;/q-1;+1. The predicted octanol–water partition coefficient (Wildman–Crippen LogP) is -2.30. The molecule has 0 N–H and O–H groups in total. The van der Waals surface area contributed by atoms with Crippen LogP contribution in [0.2, 0.25) is 0 Å². The van der Waals surface area contributed by atoms with Crippen molar-refractivity contribution in [3.8, 4) is 0 Å². The largest absolute Gasteiger partial charge is 1.00 e. The van der Waals surface area contributed by atoms with Crippen molar-refractivity contribution in [2.24, 2.45) is 0 Å². The van der Waals surface area contributed by atoms with E-state index in [0.29, 0.717) is 0 Å². The molecule has 1 heterocycles. The van der Waals surface area contributed by atoms with Crippen LogP contribution >= 0.6 is 0 Å². The van der Waals surface area contributed by atoms with Gasteiger partial charge in [-0.05, 0) is 26.1 Å². The summed E-state index contributed by atoms with van der Waals surface area (Å²) >= 11 is 0. The van der Waals surface area contributed by atoms with Gasteiger partial charge in [0.15, 0.2) is 0 Å². The van der Waals surface area contributed by atoms with Crippen LogP contribution in [0.25, 0.3) is 5.32 Å². The van der Waals surface area contributed by atoms with Gasteiger partial charge in [0.1, 0.15) is 0 Å². The van der Waals surface area contributed by atoms with Crippen molar-refractivity contribution in [2.45, 2.75) is 12.5 Å². The molecule has 1 aliphatic rings. The number of likely N-dealkylation sites (tertiary alicyclic amines) is 1. The van der Waals surface area contributed by atoms with Crippen LogP contribution in [0.15, 0.2) is 0 Å². The van der Waals surface area contributed by atoms with Crippen molar-refractivity contribution in [3.63, 3.8) is 0 Å². The average Bonchev–Trinajstić information content (AvgIpc) is 1.79. The van der Waals surface area contributed by atoms with Gasteiger partial charge in [-0.1, -0.05) is 0 Å². The van der Waals surface area contributed by atoms with Gasteiger partial charge in [0, 0.05) is 0 Å². The van der Waals surface area contributed by atoms with Crippen LogP contribution in [-0.4, -0.2) is 38.1 Å². The Balaban J connectivity index is 0.000000640. The second kappa shape index (κ2) is 5.39.